The highest BCUT2D eigenvalue weighted by molar-refractivity contribution is 5.76. The fourth-order valence-corrected chi connectivity index (χ4v) is 0.582. The summed E-state index contributed by atoms with van der Waals surface area (Å²) < 4.78 is 0. The standard InChI is InChI=1S/C7H14NO/c1-4-8-7(9)5-6(2)3/h6H,1,4-5H2,2-3H3,(H,8,9). The number of carbonyl (C=O) groups excluding carboxylic acids is 1. The molecule has 0 aromatic carbocycles. The Morgan fingerprint density at radius 3 is 2.56 bits per heavy atom. The van der Waals surface area contributed by atoms with Crippen LogP contribution < -0.4 is 5.32 Å². The predicted molar refractivity (Wildman–Crippen MR) is 37.8 cm³/mol. The molecule has 0 saturated heterocycles. The second kappa shape index (κ2) is 4.36. The predicted octanol–water partition coefficient (Wildman–Crippen LogP) is 0.983. The Bertz CT molecular complexity index is 88.9. The fraction of sp³-hybridized carbons (Fsp3) is 0.714. The molecule has 0 aromatic heterocycles. The Morgan fingerprint density at radius 2 is 2.22 bits per heavy atom. The second-order valence-electron chi connectivity index (χ2n) is 2.45. The van der Waals surface area contributed by atoms with Gasteiger partial charge in [-0.25, -0.2) is 0 Å². The second-order valence-corrected chi connectivity index (χ2v) is 2.45. The van der Waals surface area contributed by atoms with E-state index in [2.05, 4.69) is 12.2 Å². The Labute approximate surface area is 56.6 Å². The van der Waals surface area contributed by atoms with E-state index in [1.165, 1.54) is 0 Å². The lowest BCUT2D eigenvalue weighted by Gasteiger charge is -2.02. The molecule has 0 aliphatic carbocycles. The normalized spacial score (nSPS) is 9.78. The van der Waals surface area contributed by atoms with Crippen molar-refractivity contribution in [2.45, 2.75) is 20.3 Å². The van der Waals surface area contributed by atoms with E-state index in [4.69, 9.17) is 0 Å². The zero-order chi connectivity index (χ0) is 7.28. The highest BCUT2D eigenvalue weighted by Gasteiger charge is 2.00. The molecule has 2 nitrogen and oxygen atoms in total. The molecular weight excluding hydrogens is 114 g/mol. The number of hydrogen-bond donors (Lipinski definition) is 1. The number of carbonyl (C=O) groups is 1. The van der Waals surface area contributed by atoms with E-state index in [9.17, 15) is 4.79 Å². The van der Waals surface area contributed by atoms with Gasteiger partial charge in [0.1, 0.15) is 0 Å². The van der Waals surface area contributed by atoms with Gasteiger partial charge in [-0.15, -0.1) is 0 Å². The summed E-state index contributed by atoms with van der Waals surface area (Å²) in [6.45, 7) is 8.03. The Hall–Kier alpha value is -0.530. The van der Waals surface area contributed by atoms with Gasteiger partial charge >= 0.3 is 0 Å². The molecule has 1 N–H and O–H groups in total. The van der Waals surface area contributed by atoms with E-state index >= 15 is 0 Å². The van der Waals surface area contributed by atoms with Crippen LogP contribution in [0.4, 0.5) is 0 Å². The van der Waals surface area contributed by atoms with Gasteiger partial charge in [0.25, 0.3) is 0 Å². The van der Waals surface area contributed by atoms with Crippen molar-refractivity contribution in [1.29, 1.82) is 0 Å². The van der Waals surface area contributed by atoms with Crippen molar-refractivity contribution in [2.24, 2.45) is 5.92 Å². The molecule has 0 heterocycles. The van der Waals surface area contributed by atoms with Crippen LogP contribution in [0.25, 0.3) is 0 Å². The number of rotatable bonds is 3. The summed E-state index contributed by atoms with van der Waals surface area (Å²) in [6, 6.07) is 0. The van der Waals surface area contributed by atoms with Crippen molar-refractivity contribution in [3.63, 3.8) is 0 Å². The van der Waals surface area contributed by atoms with Crippen LogP contribution in [0.15, 0.2) is 0 Å². The molecule has 0 unspecified atom stereocenters. The van der Waals surface area contributed by atoms with Crippen LogP contribution >= 0.6 is 0 Å². The minimum absolute atomic E-state index is 0.0972. The molecule has 53 valence electrons. The quantitative estimate of drug-likeness (QED) is 0.603. The summed E-state index contributed by atoms with van der Waals surface area (Å²) in [6.07, 6.45) is 0.607. The van der Waals surface area contributed by atoms with Crippen LogP contribution in [0, 0.1) is 12.8 Å². The van der Waals surface area contributed by atoms with Crippen molar-refractivity contribution < 1.29 is 4.79 Å². The van der Waals surface area contributed by atoms with E-state index in [-0.39, 0.29) is 5.91 Å². The molecule has 0 aliphatic rings. The molecular formula is C7H14NO. The van der Waals surface area contributed by atoms with Gasteiger partial charge in [-0.3, -0.25) is 4.79 Å². The molecule has 0 atom stereocenters. The first-order valence-corrected chi connectivity index (χ1v) is 3.22. The van der Waals surface area contributed by atoms with Gasteiger partial charge in [0.05, 0.1) is 0 Å². The highest BCUT2D eigenvalue weighted by atomic mass is 16.1. The van der Waals surface area contributed by atoms with Crippen LogP contribution in [0.2, 0.25) is 0 Å². The van der Waals surface area contributed by atoms with Crippen molar-refractivity contribution >= 4 is 5.91 Å². The SMILES string of the molecule is [CH2]CNC(=O)CC(C)C. The maximum atomic E-state index is 10.7. The first-order chi connectivity index (χ1) is 4.16. The third kappa shape index (κ3) is 5.34. The van der Waals surface area contributed by atoms with Gasteiger partial charge in [0, 0.05) is 13.0 Å². The van der Waals surface area contributed by atoms with Gasteiger partial charge in [-0.2, -0.15) is 0 Å². The summed E-state index contributed by atoms with van der Waals surface area (Å²) in [5, 5.41) is 2.63. The van der Waals surface area contributed by atoms with Crippen LogP contribution in [0.5, 0.6) is 0 Å². The first-order valence-electron chi connectivity index (χ1n) is 3.22. The third-order valence-corrected chi connectivity index (χ3v) is 0.916. The van der Waals surface area contributed by atoms with Crippen molar-refractivity contribution in [3.05, 3.63) is 6.92 Å². The molecule has 0 fully saturated rings. The lowest BCUT2D eigenvalue weighted by molar-refractivity contribution is -0.121. The van der Waals surface area contributed by atoms with E-state index in [1.54, 1.807) is 0 Å². The molecule has 0 bridgehead atoms. The van der Waals surface area contributed by atoms with Gasteiger partial charge < -0.3 is 5.32 Å². The largest absolute Gasteiger partial charge is 0.356 e. The Balaban J connectivity index is 3.27. The van der Waals surface area contributed by atoms with Gasteiger partial charge in [0.15, 0.2) is 0 Å². The summed E-state index contributed by atoms with van der Waals surface area (Å²) in [4.78, 5) is 10.7. The summed E-state index contributed by atoms with van der Waals surface area (Å²) in [5.41, 5.74) is 0. The minimum Gasteiger partial charge on any atom is -0.356 e. The molecule has 0 spiro atoms. The molecule has 1 radical (unpaired) electrons. The first kappa shape index (κ1) is 8.47. The van der Waals surface area contributed by atoms with E-state index in [1.807, 2.05) is 13.8 Å². The molecule has 9 heavy (non-hydrogen) atoms. The van der Waals surface area contributed by atoms with E-state index in [0.717, 1.165) is 0 Å². The van der Waals surface area contributed by atoms with Crippen molar-refractivity contribution in [1.82, 2.24) is 5.32 Å². The smallest absolute Gasteiger partial charge is 0.220 e. The van der Waals surface area contributed by atoms with Crippen LogP contribution in [-0.4, -0.2) is 12.5 Å². The average molecular weight is 128 g/mol. The zero-order valence-electron chi connectivity index (χ0n) is 6.11. The summed E-state index contributed by atoms with van der Waals surface area (Å²) in [5.74, 6) is 0.538. The van der Waals surface area contributed by atoms with Crippen LogP contribution in [0.3, 0.4) is 0 Å². The maximum Gasteiger partial charge on any atom is 0.220 e. The lowest BCUT2D eigenvalue weighted by atomic mass is 10.1. The van der Waals surface area contributed by atoms with Gasteiger partial charge in [-0.1, -0.05) is 13.8 Å². The van der Waals surface area contributed by atoms with Crippen molar-refractivity contribution in [3.8, 4) is 0 Å². The fourth-order valence-electron chi connectivity index (χ4n) is 0.582. The third-order valence-electron chi connectivity index (χ3n) is 0.916. The monoisotopic (exact) mass is 128 g/mol. The molecule has 0 rings (SSSR count). The number of hydrogen-bond acceptors (Lipinski definition) is 1. The molecule has 1 amide bonds. The van der Waals surface area contributed by atoms with Crippen LogP contribution in [-0.2, 0) is 4.79 Å². The minimum atomic E-state index is 0.0972. The Morgan fingerprint density at radius 1 is 1.67 bits per heavy atom. The summed E-state index contributed by atoms with van der Waals surface area (Å²) >= 11 is 0. The lowest BCUT2D eigenvalue weighted by Crippen LogP contribution is -2.23. The van der Waals surface area contributed by atoms with Gasteiger partial charge in [-0.05, 0) is 12.8 Å². The Kier molecular flexibility index (Phi) is 4.10. The molecule has 0 saturated carbocycles. The maximum absolute atomic E-state index is 10.7. The molecule has 2 heteroatoms. The van der Waals surface area contributed by atoms with E-state index in [0.29, 0.717) is 18.9 Å². The van der Waals surface area contributed by atoms with Crippen LogP contribution in [0.1, 0.15) is 20.3 Å². The number of amides is 1. The average Bonchev–Trinajstić information content (AvgIpc) is 1.63. The zero-order valence-corrected chi connectivity index (χ0v) is 6.11. The van der Waals surface area contributed by atoms with E-state index < -0.39 is 0 Å². The number of nitrogens with one attached hydrogen (secondary N) is 1. The topological polar surface area (TPSA) is 29.1 Å². The molecule has 0 aliphatic heterocycles. The van der Waals surface area contributed by atoms with Crippen molar-refractivity contribution in [2.75, 3.05) is 6.54 Å². The molecule has 0 aromatic rings. The highest BCUT2D eigenvalue weighted by Crippen LogP contribution is 1.97. The summed E-state index contributed by atoms with van der Waals surface area (Å²) in [7, 11) is 0. The van der Waals surface area contributed by atoms with Gasteiger partial charge in [0.2, 0.25) is 5.91 Å².